The summed E-state index contributed by atoms with van der Waals surface area (Å²) in [6, 6.07) is 16.8. The average Bonchev–Trinajstić information content (AvgIpc) is 3.01. The third-order valence-corrected chi connectivity index (χ3v) is 5.89. The first-order valence-corrected chi connectivity index (χ1v) is 11.1. The van der Waals surface area contributed by atoms with Gasteiger partial charge in [0.2, 0.25) is 0 Å². The van der Waals surface area contributed by atoms with Crippen molar-refractivity contribution in [3.05, 3.63) is 82.4 Å². The van der Waals surface area contributed by atoms with Crippen molar-refractivity contribution in [2.75, 3.05) is 37.7 Å². The number of hydrogen-bond donors (Lipinski definition) is 1. The fraction of sp³-hybridized carbons (Fsp3) is 0.320. The molecule has 0 atom stereocenters. The highest BCUT2D eigenvalue weighted by molar-refractivity contribution is 5.72. The summed E-state index contributed by atoms with van der Waals surface area (Å²) in [4.78, 5) is 19.4. The van der Waals surface area contributed by atoms with Crippen LogP contribution in [0.15, 0.2) is 65.8 Å². The smallest absolute Gasteiger partial charge is 0.396 e. The van der Waals surface area contributed by atoms with E-state index in [2.05, 4.69) is 15.1 Å². The van der Waals surface area contributed by atoms with Crippen LogP contribution in [0.3, 0.4) is 0 Å². The van der Waals surface area contributed by atoms with Gasteiger partial charge in [-0.1, -0.05) is 17.3 Å². The van der Waals surface area contributed by atoms with Gasteiger partial charge < -0.3 is 10.0 Å². The number of fused-ring (bicyclic) bond motifs is 1. The zero-order valence-corrected chi connectivity index (χ0v) is 18.5. The van der Waals surface area contributed by atoms with E-state index in [0.717, 1.165) is 40.3 Å². The van der Waals surface area contributed by atoms with Gasteiger partial charge in [-0.05, 0) is 54.1 Å². The molecule has 2 aromatic carbocycles. The van der Waals surface area contributed by atoms with Gasteiger partial charge in [0.1, 0.15) is 0 Å². The number of anilines is 2. The molecular weight excluding hydrogens is 445 g/mol. The van der Waals surface area contributed by atoms with E-state index in [9.17, 15) is 23.2 Å². The molecule has 2 heterocycles. The second kappa shape index (κ2) is 10.3. The van der Waals surface area contributed by atoms with Crippen molar-refractivity contribution in [3.8, 4) is 11.3 Å². The second-order valence-electron chi connectivity index (χ2n) is 8.16. The third-order valence-electron chi connectivity index (χ3n) is 5.89. The number of aliphatic hydroxyl groups is 1. The molecule has 4 rings (SSSR count). The van der Waals surface area contributed by atoms with E-state index in [4.69, 9.17) is 0 Å². The predicted molar refractivity (Wildman–Crippen MR) is 125 cm³/mol. The van der Waals surface area contributed by atoms with Gasteiger partial charge in [-0.3, -0.25) is 9.88 Å². The van der Waals surface area contributed by atoms with Gasteiger partial charge in [0.25, 0.3) is 0 Å². The van der Waals surface area contributed by atoms with Crippen LogP contribution in [0.4, 0.5) is 24.5 Å². The highest BCUT2D eigenvalue weighted by Crippen LogP contribution is 2.36. The Kier molecular flexibility index (Phi) is 7.23. The fourth-order valence-electron chi connectivity index (χ4n) is 4.18. The van der Waals surface area contributed by atoms with Gasteiger partial charge in [0, 0.05) is 61.8 Å². The normalized spacial score (nSPS) is 14.5. The monoisotopic (exact) mass is 470 g/mol. The van der Waals surface area contributed by atoms with E-state index in [1.165, 1.54) is 12.1 Å². The molecule has 0 bridgehead atoms. The van der Waals surface area contributed by atoms with Crippen molar-refractivity contribution >= 4 is 11.4 Å². The van der Waals surface area contributed by atoms with Gasteiger partial charge in [0.15, 0.2) is 0 Å². The molecule has 1 aliphatic rings. The minimum Gasteiger partial charge on any atom is -0.396 e. The number of nitrogens with zero attached hydrogens (tertiary/aromatic N) is 4. The predicted octanol–water partition coefficient (Wildman–Crippen LogP) is 5.02. The number of benzene rings is 2. The number of hydrogen-bond acceptors (Lipinski definition) is 6. The van der Waals surface area contributed by atoms with Crippen LogP contribution in [0.1, 0.15) is 16.8 Å². The number of alkyl halides is 3. The fourth-order valence-corrected chi connectivity index (χ4v) is 4.18. The average molecular weight is 470 g/mol. The third kappa shape index (κ3) is 5.43. The Balaban J connectivity index is 1.71. The zero-order chi connectivity index (χ0) is 24.1. The van der Waals surface area contributed by atoms with Crippen LogP contribution < -0.4 is 4.90 Å². The summed E-state index contributed by atoms with van der Waals surface area (Å²) in [5.41, 5.74) is 4.34. The number of halogens is 3. The molecule has 1 N–H and O–H groups in total. The number of aliphatic hydroxyl groups excluding tert-OH is 1. The summed E-state index contributed by atoms with van der Waals surface area (Å²) < 4.78 is 39.1. The topological polar surface area (TPSA) is 69.0 Å². The Labute approximate surface area is 195 Å². The summed E-state index contributed by atoms with van der Waals surface area (Å²) in [5, 5.41) is 12.2. The summed E-state index contributed by atoms with van der Waals surface area (Å²) in [6.45, 7) is 2.44. The van der Waals surface area contributed by atoms with Crippen LogP contribution >= 0.6 is 0 Å². The first-order valence-electron chi connectivity index (χ1n) is 11.1. The molecule has 1 aromatic heterocycles. The van der Waals surface area contributed by atoms with Gasteiger partial charge in [-0.15, -0.1) is 0 Å². The minimum absolute atomic E-state index is 0.0163. The molecule has 178 valence electrons. The van der Waals surface area contributed by atoms with Crippen LogP contribution in [0, 0.1) is 4.91 Å². The molecule has 6 nitrogen and oxygen atoms in total. The van der Waals surface area contributed by atoms with Gasteiger partial charge in [0.05, 0.1) is 17.8 Å². The van der Waals surface area contributed by atoms with E-state index < -0.39 is 11.7 Å². The maximum absolute atomic E-state index is 13.0. The van der Waals surface area contributed by atoms with Crippen molar-refractivity contribution in [1.82, 2.24) is 9.88 Å². The largest absolute Gasteiger partial charge is 0.416 e. The van der Waals surface area contributed by atoms with E-state index in [1.807, 2.05) is 41.3 Å². The lowest BCUT2D eigenvalue weighted by molar-refractivity contribution is -0.137. The van der Waals surface area contributed by atoms with Crippen LogP contribution in [-0.2, 0) is 19.1 Å². The minimum atomic E-state index is -4.39. The Hall–Kier alpha value is -3.30. The van der Waals surface area contributed by atoms with Crippen LogP contribution in [-0.4, -0.2) is 47.8 Å². The standard InChI is InChI=1S/C25H25F3N4O2/c26-25(27,28)20-5-7-22(8-6-20)32-14-13-31(12-11-29-34)17-19-16-18(4-9-24(19)32)23-3-1-2-21(30-23)10-15-33/h1-9,16,33H,10-15,17H2. The summed E-state index contributed by atoms with van der Waals surface area (Å²) >= 11 is 0. The summed E-state index contributed by atoms with van der Waals surface area (Å²) in [5.74, 6) is 0. The maximum Gasteiger partial charge on any atom is 0.416 e. The lowest BCUT2D eigenvalue weighted by Gasteiger charge is -2.25. The lowest BCUT2D eigenvalue weighted by atomic mass is 10.0. The van der Waals surface area contributed by atoms with Crippen LogP contribution in [0.25, 0.3) is 11.3 Å². The molecule has 1 aliphatic heterocycles. The van der Waals surface area contributed by atoms with Crippen molar-refractivity contribution in [1.29, 1.82) is 0 Å². The zero-order valence-electron chi connectivity index (χ0n) is 18.5. The van der Waals surface area contributed by atoms with E-state index >= 15 is 0 Å². The first kappa shape index (κ1) is 23.8. The molecule has 0 saturated heterocycles. The van der Waals surface area contributed by atoms with Gasteiger partial charge in [-0.2, -0.15) is 18.1 Å². The van der Waals surface area contributed by atoms with Crippen molar-refractivity contribution in [3.63, 3.8) is 0 Å². The highest BCUT2D eigenvalue weighted by Gasteiger charge is 2.30. The van der Waals surface area contributed by atoms with E-state index in [0.29, 0.717) is 38.3 Å². The van der Waals surface area contributed by atoms with Crippen molar-refractivity contribution < 1.29 is 18.3 Å². The maximum atomic E-state index is 13.0. The van der Waals surface area contributed by atoms with Gasteiger partial charge >= 0.3 is 6.18 Å². The molecule has 34 heavy (non-hydrogen) atoms. The SMILES string of the molecule is O=NCCN1CCN(c2ccc(C(F)(F)F)cc2)c2ccc(-c3cccc(CCO)n3)cc2C1. The first-order chi connectivity index (χ1) is 16.4. The van der Waals surface area contributed by atoms with Crippen molar-refractivity contribution in [2.45, 2.75) is 19.1 Å². The Bertz CT molecular complexity index is 1140. The molecule has 0 radical (unpaired) electrons. The molecule has 0 amide bonds. The van der Waals surface area contributed by atoms with Gasteiger partial charge in [-0.25, -0.2) is 0 Å². The number of pyridine rings is 1. The van der Waals surface area contributed by atoms with Crippen molar-refractivity contribution in [2.24, 2.45) is 5.18 Å². The molecule has 0 aliphatic carbocycles. The van der Waals surface area contributed by atoms with Crippen LogP contribution in [0.2, 0.25) is 0 Å². The van der Waals surface area contributed by atoms with E-state index in [-0.39, 0.29) is 13.2 Å². The number of nitroso groups, excluding NO2 is 1. The Morgan fingerprint density at radius 2 is 1.82 bits per heavy atom. The Morgan fingerprint density at radius 1 is 1.03 bits per heavy atom. The Morgan fingerprint density at radius 3 is 2.53 bits per heavy atom. The number of aromatic nitrogens is 1. The van der Waals surface area contributed by atoms with Crippen LogP contribution in [0.5, 0.6) is 0 Å². The second-order valence-corrected chi connectivity index (χ2v) is 8.16. The summed E-state index contributed by atoms with van der Waals surface area (Å²) in [7, 11) is 0. The van der Waals surface area contributed by atoms with E-state index in [1.54, 1.807) is 0 Å². The highest BCUT2D eigenvalue weighted by atomic mass is 19.4. The lowest BCUT2D eigenvalue weighted by Crippen LogP contribution is -2.30. The molecule has 3 aromatic rings. The molecule has 0 saturated carbocycles. The molecule has 0 spiro atoms. The molecule has 0 unspecified atom stereocenters. The quantitative estimate of drug-likeness (QED) is 0.491. The summed E-state index contributed by atoms with van der Waals surface area (Å²) in [6.07, 6.45) is -3.92. The molecule has 9 heteroatoms. The molecular formula is C25H25F3N4O2. The molecule has 0 fully saturated rings. The number of rotatable bonds is 7.